The Morgan fingerprint density at radius 2 is 2.05 bits per heavy atom. The number of carbonyl (C=O) groups excluding carboxylic acids is 1. The van der Waals surface area contributed by atoms with Gasteiger partial charge in [-0.2, -0.15) is 0 Å². The second-order valence-electron chi connectivity index (χ2n) is 5.81. The van der Waals surface area contributed by atoms with Gasteiger partial charge in [0.15, 0.2) is 11.9 Å². The van der Waals surface area contributed by atoms with Crippen LogP contribution in [0.1, 0.15) is 37.3 Å². The fraction of sp³-hybridized carbons (Fsp3) is 0.588. The molecule has 0 heterocycles. The second kappa shape index (κ2) is 7.05. The van der Waals surface area contributed by atoms with Gasteiger partial charge in [-0.15, -0.1) is 0 Å². The molecule has 1 fully saturated rings. The number of aryl methyl sites for hydroxylation is 1. The van der Waals surface area contributed by atoms with Gasteiger partial charge in [0.05, 0.1) is 13.2 Å². The summed E-state index contributed by atoms with van der Waals surface area (Å²) in [5, 5.41) is 0. The Kier molecular flexibility index (Phi) is 5.37. The Morgan fingerprint density at radius 3 is 2.67 bits per heavy atom. The summed E-state index contributed by atoms with van der Waals surface area (Å²) >= 11 is 0. The SMILES string of the molecule is COCCOC1C(=O)CC1Oc1cc(C)ccc1C(C)C. The first-order chi connectivity index (χ1) is 10.0. The van der Waals surface area contributed by atoms with Gasteiger partial charge < -0.3 is 14.2 Å². The van der Waals surface area contributed by atoms with Crippen molar-refractivity contribution in [2.24, 2.45) is 0 Å². The maximum absolute atomic E-state index is 11.7. The first-order valence-corrected chi connectivity index (χ1v) is 7.43. The van der Waals surface area contributed by atoms with Crippen molar-refractivity contribution in [2.45, 2.75) is 45.3 Å². The highest BCUT2D eigenvalue weighted by Crippen LogP contribution is 2.32. The van der Waals surface area contributed by atoms with E-state index in [1.165, 1.54) is 0 Å². The number of Topliss-reactive ketones (excluding diaryl/α,β-unsaturated/α-hetero) is 1. The molecule has 0 bridgehead atoms. The van der Waals surface area contributed by atoms with Gasteiger partial charge in [-0.1, -0.05) is 26.0 Å². The number of rotatable bonds is 7. The first kappa shape index (κ1) is 16.0. The van der Waals surface area contributed by atoms with Crippen molar-refractivity contribution in [2.75, 3.05) is 20.3 Å². The number of methoxy groups -OCH3 is 1. The molecule has 1 saturated carbocycles. The minimum absolute atomic E-state index is 0.106. The van der Waals surface area contributed by atoms with Gasteiger partial charge in [-0.25, -0.2) is 0 Å². The predicted octanol–water partition coefficient (Wildman–Crippen LogP) is 2.87. The van der Waals surface area contributed by atoms with Crippen LogP contribution in [0.4, 0.5) is 0 Å². The highest BCUT2D eigenvalue weighted by atomic mass is 16.6. The van der Waals surface area contributed by atoms with E-state index < -0.39 is 6.10 Å². The molecule has 1 aliphatic rings. The topological polar surface area (TPSA) is 44.8 Å². The third kappa shape index (κ3) is 3.83. The lowest BCUT2D eigenvalue weighted by atomic mass is 9.89. The highest BCUT2D eigenvalue weighted by Gasteiger charge is 2.43. The van der Waals surface area contributed by atoms with Crippen LogP contribution in [0.3, 0.4) is 0 Å². The van der Waals surface area contributed by atoms with Crippen molar-refractivity contribution >= 4 is 5.78 Å². The number of ether oxygens (including phenoxy) is 3. The van der Waals surface area contributed by atoms with Crippen LogP contribution in [-0.4, -0.2) is 38.3 Å². The summed E-state index contributed by atoms with van der Waals surface area (Å²) in [6.07, 6.45) is -0.224. The average Bonchev–Trinajstić information content (AvgIpc) is 2.43. The predicted molar refractivity (Wildman–Crippen MR) is 80.9 cm³/mol. The quantitative estimate of drug-likeness (QED) is 0.725. The lowest BCUT2D eigenvalue weighted by Gasteiger charge is -2.35. The summed E-state index contributed by atoms with van der Waals surface area (Å²) in [5.41, 5.74) is 2.31. The maximum atomic E-state index is 11.7. The summed E-state index contributed by atoms with van der Waals surface area (Å²) in [5.74, 6) is 1.35. The molecule has 0 aliphatic heterocycles. The largest absolute Gasteiger partial charge is 0.486 e. The molecule has 116 valence electrons. The molecule has 1 aromatic rings. The summed E-state index contributed by atoms with van der Waals surface area (Å²) in [6.45, 7) is 7.21. The van der Waals surface area contributed by atoms with Gasteiger partial charge in [0.25, 0.3) is 0 Å². The minimum Gasteiger partial charge on any atom is -0.486 e. The van der Waals surface area contributed by atoms with Crippen molar-refractivity contribution in [1.29, 1.82) is 0 Å². The highest BCUT2D eigenvalue weighted by molar-refractivity contribution is 5.90. The Bertz CT molecular complexity index is 496. The number of hydrogen-bond donors (Lipinski definition) is 0. The summed E-state index contributed by atoms with van der Waals surface area (Å²) in [4.78, 5) is 11.7. The van der Waals surface area contributed by atoms with Crippen molar-refractivity contribution < 1.29 is 19.0 Å². The molecule has 4 heteroatoms. The summed E-state index contributed by atoms with van der Waals surface area (Å²) < 4.78 is 16.5. The van der Waals surface area contributed by atoms with Gasteiger partial charge >= 0.3 is 0 Å². The van der Waals surface area contributed by atoms with E-state index in [9.17, 15) is 4.79 Å². The minimum atomic E-state index is -0.458. The Balaban J connectivity index is 2.04. The van der Waals surface area contributed by atoms with Crippen molar-refractivity contribution in [3.05, 3.63) is 29.3 Å². The van der Waals surface area contributed by atoms with E-state index in [-0.39, 0.29) is 11.9 Å². The number of benzene rings is 1. The molecule has 0 radical (unpaired) electrons. The second-order valence-corrected chi connectivity index (χ2v) is 5.81. The van der Waals surface area contributed by atoms with E-state index in [4.69, 9.17) is 14.2 Å². The third-order valence-corrected chi connectivity index (χ3v) is 3.71. The van der Waals surface area contributed by atoms with Crippen LogP contribution >= 0.6 is 0 Å². The molecule has 2 atom stereocenters. The molecule has 0 N–H and O–H groups in total. The van der Waals surface area contributed by atoms with Gasteiger partial charge in [-0.05, 0) is 30.0 Å². The third-order valence-electron chi connectivity index (χ3n) is 3.71. The van der Waals surface area contributed by atoms with Gasteiger partial charge in [-0.3, -0.25) is 4.79 Å². The zero-order chi connectivity index (χ0) is 15.4. The molecule has 4 nitrogen and oxygen atoms in total. The molecule has 0 spiro atoms. The van der Waals surface area contributed by atoms with Crippen molar-refractivity contribution in [1.82, 2.24) is 0 Å². The van der Waals surface area contributed by atoms with Gasteiger partial charge in [0.1, 0.15) is 11.9 Å². The van der Waals surface area contributed by atoms with Crippen molar-refractivity contribution in [3.8, 4) is 5.75 Å². The Morgan fingerprint density at radius 1 is 1.29 bits per heavy atom. The van der Waals surface area contributed by atoms with Crippen LogP contribution in [0.25, 0.3) is 0 Å². The molecule has 21 heavy (non-hydrogen) atoms. The summed E-state index contributed by atoms with van der Waals surface area (Å²) in [6, 6.07) is 6.21. The van der Waals surface area contributed by atoms with Crippen LogP contribution in [0.5, 0.6) is 5.75 Å². The molecule has 2 unspecified atom stereocenters. The van der Waals surface area contributed by atoms with E-state index in [0.29, 0.717) is 25.6 Å². The normalized spacial score (nSPS) is 21.5. The van der Waals surface area contributed by atoms with Crippen molar-refractivity contribution in [3.63, 3.8) is 0 Å². The molecule has 0 aromatic heterocycles. The zero-order valence-electron chi connectivity index (χ0n) is 13.2. The number of carbonyl (C=O) groups is 1. The van der Waals surface area contributed by atoms with Crippen LogP contribution in [-0.2, 0) is 14.3 Å². The maximum Gasteiger partial charge on any atom is 0.169 e. The smallest absolute Gasteiger partial charge is 0.169 e. The monoisotopic (exact) mass is 292 g/mol. The van der Waals surface area contributed by atoms with E-state index in [1.54, 1.807) is 7.11 Å². The van der Waals surface area contributed by atoms with Crippen LogP contribution in [0.2, 0.25) is 0 Å². The standard InChI is InChI=1S/C17H24O4/c1-11(2)13-6-5-12(3)9-15(13)21-16-10-14(18)17(16)20-8-7-19-4/h5-6,9,11,16-17H,7-8,10H2,1-4H3. The lowest BCUT2D eigenvalue weighted by Crippen LogP contribution is -2.52. The van der Waals surface area contributed by atoms with Crippen LogP contribution in [0.15, 0.2) is 18.2 Å². The molecular formula is C17H24O4. The molecule has 1 aliphatic carbocycles. The fourth-order valence-electron chi connectivity index (χ4n) is 2.41. The summed E-state index contributed by atoms with van der Waals surface area (Å²) in [7, 11) is 1.61. The molecule has 1 aromatic carbocycles. The number of hydrogen-bond acceptors (Lipinski definition) is 4. The molecule has 2 rings (SSSR count). The molecule has 0 saturated heterocycles. The molecule has 0 amide bonds. The Labute approximate surface area is 126 Å². The fourth-order valence-corrected chi connectivity index (χ4v) is 2.41. The zero-order valence-corrected chi connectivity index (χ0v) is 13.2. The van der Waals surface area contributed by atoms with E-state index >= 15 is 0 Å². The van der Waals surface area contributed by atoms with Gasteiger partial charge in [0, 0.05) is 13.5 Å². The van der Waals surface area contributed by atoms with Crippen LogP contribution < -0.4 is 4.74 Å². The average molecular weight is 292 g/mol. The Hall–Kier alpha value is -1.39. The van der Waals surface area contributed by atoms with E-state index in [2.05, 4.69) is 26.0 Å². The number of ketones is 1. The van der Waals surface area contributed by atoms with Gasteiger partial charge in [0.2, 0.25) is 0 Å². The lowest BCUT2D eigenvalue weighted by molar-refractivity contribution is -0.156. The van der Waals surface area contributed by atoms with Crippen LogP contribution in [0, 0.1) is 6.92 Å². The van der Waals surface area contributed by atoms with E-state index in [1.807, 2.05) is 13.0 Å². The first-order valence-electron chi connectivity index (χ1n) is 7.43. The molecular weight excluding hydrogens is 268 g/mol. The van der Waals surface area contributed by atoms with E-state index in [0.717, 1.165) is 16.9 Å².